The molecule has 1 fully saturated rings. The number of rotatable bonds is 6. The number of nitrogens with zero attached hydrogens (tertiary/aromatic N) is 2. The fourth-order valence-electron chi connectivity index (χ4n) is 3.19. The molecule has 0 aliphatic carbocycles. The molecule has 1 amide bonds. The van der Waals surface area contributed by atoms with E-state index < -0.39 is 18.2 Å². The first-order chi connectivity index (χ1) is 13.1. The van der Waals surface area contributed by atoms with Gasteiger partial charge in [-0.3, -0.25) is 14.6 Å². The van der Waals surface area contributed by atoms with Gasteiger partial charge in [0.15, 0.2) is 6.17 Å². The lowest BCUT2D eigenvalue weighted by Gasteiger charge is -2.47. The Kier molecular flexibility index (Phi) is 5.47. The molecule has 2 aromatic heterocycles. The molecule has 4 heterocycles. The lowest BCUT2D eigenvalue weighted by molar-refractivity contribution is -0.186. The molecule has 2 aromatic rings. The first-order valence-corrected chi connectivity index (χ1v) is 11.3. The first-order valence-electron chi connectivity index (χ1n) is 8.57. The van der Waals surface area contributed by atoms with Crippen molar-refractivity contribution >= 4 is 52.5 Å². The van der Waals surface area contributed by atoms with Gasteiger partial charge in [0.1, 0.15) is 6.04 Å². The van der Waals surface area contributed by atoms with E-state index in [0.29, 0.717) is 0 Å². The second-order valence-electron chi connectivity index (χ2n) is 6.15. The van der Waals surface area contributed by atoms with Crippen molar-refractivity contribution in [3.63, 3.8) is 0 Å². The van der Waals surface area contributed by atoms with Crippen LogP contribution in [0.5, 0.6) is 0 Å². The smallest absolute Gasteiger partial charge is 0.303 e. The Hall–Kier alpha value is -1.90. The van der Waals surface area contributed by atoms with E-state index in [1.54, 1.807) is 39.3 Å². The fourth-order valence-corrected chi connectivity index (χ4v) is 5.64. The van der Waals surface area contributed by atoms with Crippen LogP contribution < -0.4 is 0 Å². The maximum absolute atomic E-state index is 12.9. The maximum Gasteiger partial charge on any atom is 0.303 e. The molecule has 0 aromatic carbocycles. The molecular weight excluding hydrogens is 400 g/mol. The number of aliphatic imine (C=N–C) groups is 1. The predicted molar refractivity (Wildman–Crippen MR) is 110 cm³/mol. The number of thiophene rings is 2. The number of β-lactam (4-membered cyclic amide) rings is 1. The molecule has 0 N–H and O–H groups in total. The monoisotopic (exact) mass is 418 g/mol. The molecule has 4 rings (SSSR count). The van der Waals surface area contributed by atoms with Gasteiger partial charge in [0.05, 0.1) is 0 Å². The molecule has 0 saturated carbocycles. The van der Waals surface area contributed by atoms with Gasteiger partial charge in [0.2, 0.25) is 6.10 Å². The van der Waals surface area contributed by atoms with Gasteiger partial charge in [-0.05, 0) is 29.3 Å². The number of carbonyl (C=O) groups excluding carboxylic acids is 2. The van der Waals surface area contributed by atoms with Crippen LogP contribution in [-0.4, -0.2) is 34.8 Å². The Morgan fingerprint density at radius 3 is 2.78 bits per heavy atom. The van der Waals surface area contributed by atoms with Crippen LogP contribution >= 0.6 is 34.4 Å². The number of hydrogen-bond donors (Lipinski definition) is 0. The summed E-state index contributed by atoms with van der Waals surface area (Å²) in [6.45, 7) is 1.33. The third-order valence-corrected chi connectivity index (χ3v) is 7.25. The number of hydrogen-bond acceptors (Lipinski definition) is 7. The Morgan fingerprint density at radius 1 is 1.33 bits per heavy atom. The minimum atomic E-state index is -0.779. The van der Waals surface area contributed by atoms with Crippen LogP contribution in [0.25, 0.3) is 0 Å². The highest BCUT2D eigenvalue weighted by Gasteiger charge is 2.54. The van der Waals surface area contributed by atoms with E-state index in [4.69, 9.17) is 9.73 Å². The summed E-state index contributed by atoms with van der Waals surface area (Å²) in [6.07, 6.45) is 3.87. The number of amides is 1. The molecular formula is C19H18N2O3S3. The van der Waals surface area contributed by atoms with E-state index in [-0.39, 0.29) is 11.9 Å². The standard InChI is InChI=1S/C19H18N2O3S3/c1-12(22)24-17-16(14-6-3-9-26-14)21(19(17)23)18(15-7-4-10-27-15)20-11-13-5-2-8-25-13/h3-7,9-11,16-18H,2,8H2,1H3. The van der Waals surface area contributed by atoms with Crippen molar-refractivity contribution < 1.29 is 14.3 Å². The zero-order valence-electron chi connectivity index (χ0n) is 14.6. The molecule has 0 spiro atoms. The Morgan fingerprint density at radius 2 is 2.15 bits per heavy atom. The summed E-state index contributed by atoms with van der Waals surface area (Å²) < 4.78 is 5.32. The number of likely N-dealkylation sites (tertiary alicyclic amines) is 1. The number of ether oxygens (including phenoxy) is 1. The molecule has 8 heteroatoms. The van der Waals surface area contributed by atoms with Gasteiger partial charge in [-0.2, -0.15) is 0 Å². The zero-order valence-corrected chi connectivity index (χ0v) is 17.1. The summed E-state index contributed by atoms with van der Waals surface area (Å²) in [6, 6.07) is 7.54. The topological polar surface area (TPSA) is 59.0 Å². The number of carbonyl (C=O) groups is 2. The highest BCUT2D eigenvalue weighted by Crippen LogP contribution is 2.46. The summed E-state index contributed by atoms with van der Waals surface area (Å²) >= 11 is 4.89. The summed E-state index contributed by atoms with van der Waals surface area (Å²) in [7, 11) is 0. The molecule has 27 heavy (non-hydrogen) atoms. The van der Waals surface area contributed by atoms with E-state index in [1.165, 1.54) is 6.92 Å². The van der Waals surface area contributed by atoms with E-state index in [1.807, 2.05) is 41.2 Å². The molecule has 0 radical (unpaired) electrons. The average molecular weight is 419 g/mol. The van der Waals surface area contributed by atoms with Gasteiger partial charge < -0.3 is 9.64 Å². The second kappa shape index (κ2) is 8.00. The fraction of sp³-hybridized carbons (Fsp3) is 0.316. The van der Waals surface area contributed by atoms with E-state index in [0.717, 1.165) is 26.8 Å². The van der Waals surface area contributed by atoms with Gasteiger partial charge in [-0.1, -0.05) is 18.2 Å². The van der Waals surface area contributed by atoms with Crippen LogP contribution in [0.4, 0.5) is 0 Å². The minimum Gasteiger partial charge on any atom is -0.450 e. The van der Waals surface area contributed by atoms with Crippen LogP contribution in [0.3, 0.4) is 0 Å². The van der Waals surface area contributed by atoms with Crippen molar-refractivity contribution in [2.75, 3.05) is 5.75 Å². The van der Waals surface area contributed by atoms with Gasteiger partial charge in [-0.15, -0.1) is 34.4 Å². The summed E-state index contributed by atoms with van der Waals surface area (Å²) in [5, 5.41) is 3.94. The van der Waals surface area contributed by atoms with Crippen molar-refractivity contribution in [2.24, 2.45) is 4.99 Å². The normalized spacial score (nSPS) is 23.4. The highest BCUT2D eigenvalue weighted by molar-refractivity contribution is 8.04. The SMILES string of the molecule is CC(=O)OC1C(=O)N(C(N=CC2=CCCS2)c2cccs2)C1c1cccs1. The van der Waals surface area contributed by atoms with E-state index in [2.05, 4.69) is 6.08 Å². The van der Waals surface area contributed by atoms with Gasteiger partial charge in [0.25, 0.3) is 5.91 Å². The molecule has 5 nitrogen and oxygen atoms in total. The molecule has 1 saturated heterocycles. The summed E-state index contributed by atoms with van der Waals surface area (Å²) in [5.41, 5.74) is 0. The Bertz CT molecular complexity index is 874. The summed E-state index contributed by atoms with van der Waals surface area (Å²) in [4.78, 5) is 34.0. The van der Waals surface area contributed by atoms with Crippen molar-refractivity contribution in [3.8, 4) is 0 Å². The van der Waals surface area contributed by atoms with Crippen LogP contribution in [-0.2, 0) is 14.3 Å². The quantitative estimate of drug-likeness (QED) is 0.396. The summed E-state index contributed by atoms with van der Waals surface area (Å²) in [5.74, 6) is 0.422. The number of thioether (sulfide) groups is 1. The van der Waals surface area contributed by atoms with Gasteiger partial charge >= 0.3 is 5.97 Å². The van der Waals surface area contributed by atoms with Crippen molar-refractivity contribution in [1.82, 2.24) is 4.90 Å². The largest absolute Gasteiger partial charge is 0.450 e. The lowest BCUT2D eigenvalue weighted by Crippen LogP contribution is -2.60. The van der Waals surface area contributed by atoms with Crippen molar-refractivity contribution in [1.29, 1.82) is 0 Å². The molecule has 2 aliphatic heterocycles. The average Bonchev–Trinajstić information content (AvgIpc) is 3.42. The van der Waals surface area contributed by atoms with Crippen LogP contribution in [0.2, 0.25) is 0 Å². The predicted octanol–water partition coefficient (Wildman–Crippen LogP) is 4.42. The van der Waals surface area contributed by atoms with E-state index >= 15 is 0 Å². The molecule has 140 valence electrons. The van der Waals surface area contributed by atoms with Gasteiger partial charge in [0, 0.05) is 33.6 Å². The minimum absolute atomic E-state index is 0.202. The third kappa shape index (κ3) is 3.74. The van der Waals surface area contributed by atoms with Crippen LogP contribution in [0, 0.1) is 0 Å². The lowest BCUT2D eigenvalue weighted by atomic mass is 9.94. The van der Waals surface area contributed by atoms with Gasteiger partial charge in [-0.25, -0.2) is 0 Å². The zero-order chi connectivity index (χ0) is 18.8. The molecule has 0 bridgehead atoms. The third-order valence-electron chi connectivity index (χ3n) is 4.35. The number of esters is 1. The Balaban J connectivity index is 1.67. The molecule has 3 atom stereocenters. The highest BCUT2D eigenvalue weighted by atomic mass is 32.2. The molecule has 2 aliphatic rings. The second-order valence-corrected chi connectivity index (χ2v) is 9.27. The van der Waals surface area contributed by atoms with Crippen LogP contribution in [0.1, 0.15) is 35.3 Å². The Labute approximate surface area is 169 Å². The number of allylic oxidation sites excluding steroid dienone is 2. The van der Waals surface area contributed by atoms with E-state index in [9.17, 15) is 9.59 Å². The van der Waals surface area contributed by atoms with Crippen molar-refractivity contribution in [3.05, 3.63) is 55.8 Å². The maximum atomic E-state index is 12.9. The van der Waals surface area contributed by atoms with Crippen molar-refractivity contribution in [2.45, 2.75) is 31.7 Å². The first kappa shape index (κ1) is 18.5. The van der Waals surface area contributed by atoms with Crippen LogP contribution in [0.15, 0.2) is 51.0 Å². The molecule has 3 unspecified atom stereocenters.